The monoisotopic (exact) mass is 465 g/mol. The first kappa shape index (κ1) is 22.8. The van der Waals surface area contributed by atoms with E-state index in [1.54, 1.807) is 6.07 Å². The lowest BCUT2D eigenvalue weighted by Gasteiger charge is -2.46. The number of benzene rings is 2. The van der Waals surface area contributed by atoms with Crippen LogP contribution < -0.4 is 4.74 Å². The molecule has 0 aromatic heterocycles. The second-order valence-corrected chi connectivity index (χ2v) is 9.13. The Morgan fingerprint density at radius 2 is 2.09 bits per heavy atom. The number of nitrogens with zero attached hydrogens (tertiary/aromatic N) is 3. The summed E-state index contributed by atoms with van der Waals surface area (Å²) in [5.41, 5.74) is 4.65. The largest absolute Gasteiger partial charge is 0.493 e. The van der Waals surface area contributed by atoms with E-state index < -0.39 is 5.82 Å². The van der Waals surface area contributed by atoms with Gasteiger partial charge in [-0.05, 0) is 42.2 Å². The first-order valence-corrected chi connectivity index (χ1v) is 11.6. The minimum absolute atomic E-state index is 0.000793. The number of hydrogen-bond donors (Lipinski definition) is 0. The Labute approximate surface area is 198 Å². The van der Waals surface area contributed by atoms with Crippen LogP contribution in [-0.4, -0.2) is 68.3 Å². The average Bonchev–Trinajstić information content (AvgIpc) is 3.24. The maximum absolute atomic E-state index is 14.4. The van der Waals surface area contributed by atoms with Gasteiger partial charge in [-0.15, -0.1) is 0 Å². The Morgan fingerprint density at radius 3 is 2.88 bits per heavy atom. The van der Waals surface area contributed by atoms with Crippen LogP contribution in [0, 0.1) is 24.1 Å². The van der Waals surface area contributed by atoms with Crippen LogP contribution in [0.4, 0.5) is 4.39 Å². The molecule has 0 aliphatic carbocycles. The van der Waals surface area contributed by atoms with E-state index in [9.17, 15) is 9.18 Å². The maximum atomic E-state index is 14.4. The lowest BCUT2D eigenvalue weighted by Crippen LogP contribution is -2.58. The molecule has 0 unspecified atom stereocenters. The number of fused-ring (bicyclic) bond motifs is 2. The fraction of sp³-hybridized carbons (Fsp3) is 0.462. The van der Waals surface area contributed by atoms with Crippen molar-refractivity contribution in [2.24, 2.45) is 0 Å². The van der Waals surface area contributed by atoms with Crippen molar-refractivity contribution in [3.8, 4) is 11.8 Å². The third-order valence-electron chi connectivity index (χ3n) is 7.33. The molecule has 0 saturated carbocycles. The number of ether oxygens (including phenoxy) is 3. The first-order chi connectivity index (χ1) is 16.5. The van der Waals surface area contributed by atoms with E-state index in [1.807, 2.05) is 25.1 Å². The molecule has 5 rings (SSSR count). The minimum Gasteiger partial charge on any atom is -0.493 e. The number of morpholine rings is 1. The van der Waals surface area contributed by atoms with Gasteiger partial charge in [-0.25, -0.2) is 9.18 Å². The first-order valence-electron chi connectivity index (χ1n) is 11.6. The van der Waals surface area contributed by atoms with Crippen molar-refractivity contribution in [2.75, 3.05) is 46.4 Å². The Balaban J connectivity index is 1.20. The highest BCUT2D eigenvalue weighted by atomic mass is 19.1. The number of carbonyl (C=O) groups is 1. The van der Waals surface area contributed by atoms with Gasteiger partial charge < -0.3 is 19.1 Å². The molecule has 178 valence electrons. The van der Waals surface area contributed by atoms with Crippen molar-refractivity contribution in [2.45, 2.75) is 32.1 Å². The molecule has 2 fully saturated rings. The summed E-state index contributed by atoms with van der Waals surface area (Å²) in [5, 5.41) is 9.04. The van der Waals surface area contributed by atoms with E-state index in [2.05, 4.69) is 9.80 Å². The van der Waals surface area contributed by atoms with Crippen molar-refractivity contribution in [3.63, 3.8) is 0 Å². The molecule has 3 heterocycles. The Bertz CT molecular complexity index is 1160. The highest BCUT2D eigenvalue weighted by Gasteiger charge is 2.35. The van der Waals surface area contributed by atoms with E-state index in [0.717, 1.165) is 55.0 Å². The molecule has 7 nitrogen and oxygen atoms in total. The third kappa shape index (κ3) is 4.05. The van der Waals surface area contributed by atoms with Gasteiger partial charge in [0.05, 0.1) is 30.9 Å². The lowest BCUT2D eigenvalue weighted by molar-refractivity contribution is -0.0903. The number of esters is 1. The quantitative estimate of drug-likeness (QED) is 0.629. The van der Waals surface area contributed by atoms with Gasteiger partial charge >= 0.3 is 5.97 Å². The zero-order valence-corrected chi connectivity index (χ0v) is 19.5. The number of hydrogen-bond acceptors (Lipinski definition) is 7. The lowest BCUT2D eigenvalue weighted by atomic mass is 9.94. The average molecular weight is 466 g/mol. The van der Waals surface area contributed by atoms with Crippen LogP contribution in [-0.2, 0) is 22.5 Å². The summed E-state index contributed by atoms with van der Waals surface area (Å²) in [6, 6.07) is 9.34. The van der Waals surface area contributed by atoms with Crippen LogP contribution in [0.3, 0.4) is 0 Å². The molecule has 34 heavy (non-hydrogen) atoms. The highest BCUT2D eigenvalue weighted by Crippen LogP contribution is 2.34. The van der Waals surface area contributed by atoms with Gasteiger partial charge in [0.1, 0.15) is 12.7 Å². The van der Waals surface area contributed by atoms with Gasteiger partial charge in [0.2, 0.25) is 0 Å². The van der Waals surface area contributed by atoms with E-state index in [1.165, 1.54) is 13.2 Å². The maximum Gasteiger partial charge on any atom is 0.338 e. The molecule has 0 N–H and O–H groups in total. The standard InChI is InChI=1S/C26H28FN3O4/c1-16-20(5-6-21-22(16)15-34-26(21)31)23-13-30-10-9-29(12-19(30)14-33-23)8-7-17-3-4-18(11-28)24(27)25(17)32-2/h3-6,19,23H,7-10,12-15H2,1-2H3/t19-,23-/m0/s1. The molecular weight excluding hydrogens is 437 g/mol. The van der Waals surface area contributed by atoms with Crippen molar-refractivity contribution in [3.05, 3.63) is 63.5 Å². The van der Waals surface area contributed by atoms with Gasteiger partial charge in [-0.1, -0.05) is 12.1 Å². The SMILES string of the molecule is COc1c(CCN2CCN3C[C@@H](c4ccc5c(c4C)COC5=O)OC[C@@H]3C2)ccc(C#N)c1F. The molecule has 0 spiro atoms. The molecule has 0 radical (unpaired) electrons. The molecule has 0 amide bonds. The Hall–Kier alpha value is -2.99. The highest BCUT2D eigenvalue weighted by molar-refractivity contribution is 5.93. The van der Waals surface area contributed by atoms with Crippen molar-refractivity contribution < 1.29 is 23.4 Å². The summed E-state index contributed by atoms with van der Waals surface area (Å²) in [7, 11) is 1.44. The predicted octanol–water partition coefficient (Wildman–Crippen LogP) is 2.99. The fourth-order valence-corrected chi connectivity index (χ4v) is 5.33. The summed E-state index contributed by atoms with van der Waals surface area (Å²) in [6.07, 6.45) is 0.631. The summed E-state index contributed by atoms with van der Waals surface area (Å²) in [5.74, 6) is -0.665. The normalized spacial score (nSPS) is 22.6. The van der Waals surface area contributed by atoms with Gasteiger partial charge in [-0.3, -0.25) is 4.90 Å². The topological polar surface area (TPSA) is 75.0 Å². The van der Waals surface area contributed by atoms with Crippen LogP contribution in [0.15, 0.2) is 24.3 Å². The summed E-state index contributed by atoms with van der Waals surface area (Å²) in [6.45, 7) is 7.39. The van der Waals surface area contributed by atoms with Crippen LogP contribution in [0.5, 0.6) is 5.75 Å². The van der Waals surface area contributed by atoms with Crippen molar-refractivity contribution in [1.82, 2.24) is 9.80 Å². The molecular formula is C26H28FN3O4. The number of methoxy groups -OCH3 is 1. The van der Waals surface area contributed by atoms with E-state index in [4.69, 9.17) is 19.5 Å². The zero-order chi connectivity index (χ0) is 23.8. The number of piperazine rings is 1. The van der Waals surface area contributed by atoms with E-state index >= 15 is 0 Å². The summed E-state index contributed by atoms with van der Waals surface area (Å²) < 4.78 is 31.1. The minimum atomic E-state index is -0.586. The second kappa shape index (κ2) is 9.34. The molecule has 2 atom stereocenters. The zero-order valence-electron chi connectivity index (χ0n) is 19.5. The smallest absolute Gasteiger partial charge is 0.338 e. The number of nitriles is 1. The van der Waals surface area contributed by atoms with Gasteiger partial charge in [-0.2, -0.15) is 5.26 Å². The molecule has 3 aliphatic rings. The third-order valence-corrected chi connectivity index (χ3v) is 7.33. The van der Waals surface area contributed by atoms with Gasteiger partial charge in [0.25, 0.3) is 0 Å². The van der Waals surface area contributed by atoms with E-state index in [-0.39, 0.29) is 23.4 Å². The molecule has 0 bridgehead atoms. The van der Waals surface area contributed by atoms with Crippen LogP contribution in [0.1, 0.15) is 44.3 Å². The number of carbonyl (C=O) groups excluding carboxylic acids is 1. The fourth-order valence-electron chi connectivity index (χ4n) is 5.33. The number of halogens is 1. The molecule has 2 saturated heterocycles. The van der Waals surface area contributed by atoms with E-state index in [0.29, 0.717) is 31.2 Å². The Kier molecular flexibility index (Phi) is 6.26. The predicted molar refractivity (Wildman–Crippen MR) is 122 cm³/mol. The van der Waals surface area contributed by atoms with Crippen molar-refractivity contribution >= 4 is 5.97 Å². The van der Waals surface area contributed by atoms with Crippen molar-refractivity contribution in [1.29, 1.82) is 5.26 Å². The molecule has 3 aliphatic heterocycles. The second-order valence-electron chi connectivity index (χ2n) is 9.13. The summed E-state index contributed by atoms with van der Waals surface area (Å²) in [4.78, 5) is 16.7. The van der Waals surface area contributed by atoms with Crippen LogP contribution in [0.25, 0.3) is 0 Å². The molecule has 8 heteroatoms. The molecule has 2 aromatic rings. The molecule has 2 aromatic carbocycles. The van der Waals surface area contributed by atoms with Crippen LogP contribution >= 0.6 is 0 Å². The van der Waals surface area contributed by atoms with Crippen LogP contribution in [0.2, 0.25) is 0 Å². The summed E-state index contributed by atoms with van der Waals surface area (Å²) >= 11 is 0. The van der Waals surface area contributed by atoms with Gasteiger partial charge in [0, 0.05) is 44.3 Å². The Morgan fingerprint density at radius 1 is 1.24 bits per heavy atom. The number of cyclic esters (lactones) is 1. The van der Waals surface area contributed by atoms with Gasteiger partial charge in [0.15, 0.2) is 11.6 Å². The number of rotatable bonds is 5.